The van der Waals surface area contributed by atoms with Crippen LogP contribution >= 0.6 is 0 Å². The molecule has 2 N–H and O–H groups in total. The van der Waals surface area contributed by atoms with Gasteiger partial charge < -0.3 is 15.4 Å². The molecule has 1 aliphatic rings. The van der Waals surface area contributed by atoms with Gasteiger partial charge in [-0.15, -0.1) is 0 Å². The highest BCUT2D eigenvalue weighted by Crippen LogP contribution is 2.25. The van der Waals surface area contributed by atoms with Crippen molar-refractivity contribution >= 4 is 17.8 Å². The average Bonchev–Trinajstić information content (AvgIpc) is 2.90. The van der Waals surface area contributed by atoms with Crippen molar-refractivity contribution in [1.29, 1.82) is 0 Å². The zero-order chi connectivity index (χ0) is 19.1. The molecule has 1 amide bonds. The number of carbonyl (C=O) groups is 2. The van der Waals surface area contributed by atoms with Gasteiger partial charge in [-0.1, -0.05) is 17.7 Å². The van der Waals surface area contributed by atoms with Gasteiger partial charge in [-0.2, -0.15) is 9.78 Å². The van der Waals surface area contributed by atoms with Gasteiger partial charge >= 0.3 is 6.09 Å². The van der Waals surface area contributed by atoms with Crippen LogP contribution in [0.2, 0.25) is 0 Å². The predicted molar refractivity (Wildman–Crippen MR) is 97.9 cm³/mol. The molecule has 26 heavy (non-hydrogen) atoms. The molecule has 1 aliphatic heterocycles. The van der Waals surface area contributed by atoms with Crippen LogP contribution < -0.4 is 5.73 Å². The number of nitrogen functional groups attached to an aromatic ring is 1. The highest BCUT2D eigenvalue weighted by Gasteiger charge is 2.30. The Hall–Kier alpha value is -2.83. The van der Waals surface area contributed by atoms with E-state index in [0.29, 0.717) is 30.0 Å². The van der Waals surface area contributed by atoms with E-state index in [2.05, 4.69) is 5.10 Å². The number of hydrogen-bond donors (Lipinski definition) is 1. The van der Waals surface area contributed by atoms with Gasteiger partial charge in [-0.05, 0) is 46.2 Å². The lowest BCUT2D eigenvalue weighted by molar-refractivity contribution is 0.0221. The van der Waals surface area contributed by atoms with Gasteiger partial charge in [0, 0.05) is 17.7 Å². The summed E-state index contributed by atoms with van der Waals surface area (Å²) in [4.78, 5) is 26.6. The van der Waals surface area contributed by atoms with Crippen LogP contribution in [0.4, 0.5) is 10.6 Å². The van der Waals surface area contributed by atoms with Crippen LogP contribution in [0.5, 0.6) is 0 Å². The van der Waals surface area contributed by atoms with Crippen LogP contribution in [0.25, 0.3) is 0 Å². The van der Waals surface area contributed by atoms with E-state index < -0.39 is 5.60 Å². The van der Waals surface area contributed by atoms with Crippen molar-refractivity contribution in [3.63, 3.8) is 0 Å². The third-order valence-corrected chi connectivity index (χ3v) is 4.22. The molecule has 0 unspecified atom stereocenters. The zero-order valence-corrected chi connectivity index (χ0v) is 15.6. The number of nitrogens with two attached hydrogens (primary N) is 1. The molecule has 0 fully saturated rings. The molecule has 2 heterocycles. The van der Waals surface area contributed by atoms with E-state index in [9.17, 15) is 9.59 Å². The minimum atomic E-state index is -0.558. The first kappa shape index (κ1) is 18.0. The molecule has 7 heteroatoms. The Morgan fingerprint density at radius 3 is 2.46 bits per heavy atom. The van der Waals surface area contributed by atoms with E-state index >= 15 is 0 Å². The Balaban J connectivity index is 1.83. The molecular formula is C19H24N4O3. The van der Waals surface area contributed by atoms with Crippen LogP contribution in [0.3, 0.4) is 0 Å². The van der Waals surface area contributed by atoms with Crippen molar-refractivity contribution < 1.29 is 14.3 Å². The summed E-state index contributed by atoms with van der Waals surface area (Å²) in [5.74, 6) is 0.0649. The SMILES string of the molecule is Cc1ccc(C(=O)n2nc3c(c2N)CCN(C(=O)OC(C)(C)C)C3)cc1. The minimum Gasteiger partial charge on any atom is -0.444 e. The second-order valence-corrected chi connectivity index (χ2v) is 7.55. The number of nitrogens with zero attached hydrogens (tertiary/aromatic N) is 3. The van der Waals surface area contributed by atoms with Crippen molar-refractivity contribution in [2.24, 2.45) is 0 Å². The molecule has 0 aliphatic carbocycles. The summed E-state index contributed by atoms with van der Waals surface area (Å²) in [6.07, 6.45) is 0.155. The van der Waals surface area contributed by atoms with Gasteiger partial charge in [0.1, 0.15) is 11.4 Å². The van der Waals surface area contributed by atoms with Crippen molar-refractivity contribution in [3.05, 3.63) is 46.6 Å². The van der Waals surface area contributed by atoms with Gasteiger partial charge in [0.2, 0.25) is 0 Å². The summed E-state index contributed by atoms with van der Waals surface area (Å²) in [5.41, 5.74) is 8.66. The molecule has 2 aromatic rings. The van der Waals surface area contributed by atoms with Crippen molar-refractivity contribution in [1.82, 2.24) is 14.7 Å². The topological polar surface area (TPSA) is 90.5 Å². The zero-order valence-electron chi connectivity index (χ0n) is 15.6. The third-order valence-electron chi connectivity index (χ3n) is 4.22. The summed E-state index contributed by atoms with van der Waals surface area (Å²) in [6.45, 7) is 8.20. The number of ether oxygens (including phenoxy) is 1. The molecule has 0 saturated carbocycles. The van der Waals surface area contributed by atoms with Gasteiger partial charge in [0.25, 0.3) is 5.91 Å². The van der Waals surface area contributed by atoms with Gasteiger partial charge in [-0.3, -0.25) is 4.79 Å². The molecule has 3 rings (SSSR count). The van der Waals surface area contributed by atoms with Crippen molar-refractivity contribution in [2.45, 2.75) is 46.3 Å². The Kier molecular flexibility index (Phi) is 4.48. The number of hydrogen-bond acceptors (Lipinski definition) is 5. The monoisotopic (exact) mass is 356 g/mol. The number of rotatable bonds is 1. The molecule has 1 aromatic carbocycles. The highest BCUT2D eigenvalue weighted by atomic mass is 16.6. The van der Waals surface area contributed by atoms with E-state index in [1.165, 1.54) is 4.68 Å². The maximum absolute atomic E-state index is 12.7. The molecule has 0 bridgehead atoms. The van der Waals surface area contributed by atoms with E-state index in [1.807, 2.05) is 39.8 Å². The summed E-state index contributed by atoms with van der Waals surface area (Å²) < 4.78 is 6.64. The molecule has 138 valence electrons. The number of carbonyl (C=O) groups excluding carboxylic acids is 2. The maximum atomic E-state index is 12.7. The second kappa shape index (κ2) is 6.48. The minimum absolute atomic E-state index is 0.277. The van der Waals surface area contributed by atoms with Crippen LogP contribution in [-0.4, -0.2) is 38.8 Å². The van der Waals surface area contributed by atoms with Gasteiger partial charge in [0.05, 0.1) is 12.2 Å². The second-order valence-electron chi connectivity index (χ2n) is 7.55. The average molecular weight is 356 g/mol. The summed E-state index contributed by atoms with van der Waals surface area (Å²) >= 11 is 0. The van der Waals surface area contributed by atoms with Crippen LogP contribution in [0.15, 0.2) is 24.3 Å². The lowest BCUT2D eigenvalue weighted by atomic mass is 10.1. The van der Waals surface area contributed by atoms with Gasteiger partial charge in [0.15, 0.2) is 0 Å². The highest BCUT2D eigenvalue weighted by molar-refractivity contribution is 5.97. The lowest BCUT2D eigenvalue weighted by Gasteiger charge is -2.29. The van der Waals surface area contributed by atoms with Crippen molar-refractivity contribution in [2.75, 3.05) is 12.3 Å². The number of benzene rings is 1. The van der Waals surface area contributed by atoms with E-state index in [4.69, 9.17) is 10.5 Å². The van der Waals surface area contributed by atoms with E-state index in [-0.39, 0.29) is 18.5 Å². The predicted octanol–water partition coefficient (Wildman–Crippen LogP) is 2.76. The number of aromatic nitrogens is 2. The molecule has 0 saturated heterocycles. The lowest BCUT2D eigenvalue weighted by Crippen LogP contribution is -2.39. The maximum Gasteiger partial charge on any atom is 0.410 e. The fraction of sp³-hybridized carbons (Fsp3) is 0.421. The standard InChI is InChI=1S/C19H24N4O3/c1-12-5-7-13(8-6-12)17(24)23-16(20)14-9-10-22(11-15(14)21-23)18(25)26-19(2,3)4/h5-8H,9-11,20H2,1-4H3. The molecule has 1 aromatic heterocycles. The molecule has 0 spiro atoms. The Bertz CT molecular complexity index is 847. The fourth-order valence-corrected chi connectivity index (χ4v) is 2.87. The normalized spacial score (nSPS) is 14.1. The molecular weight excluding hydrogens is 332 g/mol. The Labute approximate surface area is 152 Å². The third kappa shape index (κ3) is 3.56. The smallest absolute Gasteiger partial charge is 0.410 e. The summed E-state index contributed by atoms with van der Waals surface area (Å²) in [6, 6.07) is 7.25. The number of anilines is 1. The summed E-state index contributed by atoms with van der Waals surface area (Å²) in [7, 11) is 0. The van der Waals surface area contributed by atoms with Crippen LogP contribution in [-0.2, 0) is 17.7 Å². The Morgan fingerprint density at radius 2 is 1.85 bits per heavy atom. The number of amides is 1. The number of fused-ring (bicyclic) bond motifs is 1. The van der Waals surface area contributed by atoms with Crippen LogP contribution in [0, 0.1) is 6.92 Å². The van der Waals surface area contributed by atoms with Crippen molar-refractivity contribution in [3.8, 4) is 0 Å². The summed E-state index contributed by atoms with van der Waals surface area (Å²) in [5, 5.41) is 4.37. The molecule has 0 atom stereocenters. The fourth-order valence-electron chi connectivity index (χ4n) is 2.87. The first-order valence-electron chi connectivity index (χ1n) is 8.61. The van der Waals surface area contributed by atoms with Gasteiger partial charge in [-0.25, -0.2) is 4.79 Å². The molecule has 0 radical (unpaired) electrons. The number of aryl methyl sites for hydroxylation is 1. The first-order valence-corrected chi connectivity index (χ1v) is 8.61. The quantitative estimate of drug-likeness (QED) is 0.848. The largest absolute Gasteiger partial charge is 0.444 e. The van der Waals surface area contributed by atoms with E-state index in [0.717, 1.165) is 11.1 Å². The Morgan fingerprint density at radius 1 is 1.19 bits per heavy atom. The van der Waals surface area contributed by atoms with E-state index in [1.54, 1.807) is 17.0 Å². The van der Waals surface area contributed by atoms with Crippen LogP contribution in [0.1, 0.15) is 48.0 Å². The molecule has 7 nitrogen and oxygen atoms in total. The first-order chi connectivity index (χ1) is 12.2.